The molecule has 3 aromatic rings. The van der Waals surface area contributed by atoms with Crippen LogP contribution in [0.1, 0.15) is 11.5 Å². The van der Waals surface area contributed by atoms with Crippen LogP contribution in [-0.2, 0) is 6.18 Å². The van der Waals surface area contributed by atoms with Crippen molar-refractivity contribution < 1.29 is 22.3 Å². The molecule has 1 aromatic carbocycles. The molecule has 0 spiro atoms. The molecule has 10 heteroatoms. The highest BCUT2D eigenvalue weighted by Gasteiger charge is 2.31. The molecule has 0 bridgehead atoms. The van der Waals surface area contributed by atoms with Crippen LogP contribution in [-0.4, -0.2) is 32.1 Å². The Morgan fingerprint density at radius 1 is 1.25 bits per heavy atom. The molecular formula is C14H10F3N5O2. The van der Waals surface area contributed by atoms with Crippen molar-refractivity contribution >= 4 is 12.3 Å². The van der Waals surface area contributed by atoms with Crippen LogP contribution >= 0.6 is 0 Å². The van der Waals surface area contributed by atoms with E-state index < -0.39 is 11.7 Å². The number of benzene rings is 1. The lowest BCUT2D eigenvalue weighted by Crippen LogP contribution is -2.05. The SMILES string of the molecule is COc1cc(-c2ncn(/C=C\c3nnco3)n2)cc(C(F)(F)F)c1. The van der Waals surface area contributed by atoms with Crippen LogP contribution in [0.25, 0.3) is 23.7 Å². The standard InChI is InChI=1S/C14H10F3N5O2/c1-23-11-5-9(4-10(6-11)14(15,16)17)13-18-7-22(21-13)3-2-12-20-19-8-24-12/h2-8H,1H3/b3-2-. The molecule has 0 aliphatic carbocycles. The first-order valence-corrected chi connectivity index (χ1v) is 6.58. The number of hydrogen-bond acceptors (Lipinski definition) is 6. The fraction of sp³-hybridized carbons (Fsp3) is 0.143. The normalized spacial score (nSPS) is 12.0. The van der Waals surface area contributed by atoms with E-state index in [0.29, 0.717) is 0 Å². The van der Waals surface area contributed by atoms with Crippen molar-refractivity contribution in [1.82, 2.24) is 25.0 Å². The zero-order valence-electron chi connectivity index (χ0n) is 12.2. The van der Waals surface area contributed by atoms with Gasteiger partial charge in [-0.05, 0) is 18.2 Å². The lowest BCUT2D eigenvalue weighted by Gasteiger charge is -2.10. The maximum absolute atomic E-state index is 12.9. The number of aromatic nitrogens is 5. The van der Waals surface area contributed by atoms with Crippen LogP contribution in [0, 0.1) is 0 Å². The lowest BCUT2D eigenvalue weighted by molar-refractivity contribution is -0.137. The first kappa shape index (κ1) is 15.7. The third kappa shape index (κ3) is 3.42. The summed E-state index contributed by atoms with van der Waals surface area (Å²) in [5.41, 5.74) is -0.652. The highest BCUT2D eigenvalue weighted by Crippen LogP contribution is 2.34. The van der Waals surface area contributed by atoms with Crippen molar-refractivity contribution in [3.63, 3.8) is 0 Å². The van der Waals surface area contributed by atoms with Crippen molar-refractivity contribution in [1.29, 1.82) is 0 Å². The van der Waals surface area contributed by atoms with E-state index in [9.17, 15) is 13.2 Å². The third-order valence-electron chi connectivity index (χ3n) is 2.98. The molecule has 0 unspecified atom stereocenters. The first-order valence-electron chi connectivity index (χ1n) is 6.58. The van der Waals surface area contributed by atoms with Crippen LogP contribution in [0.4, 0.5) is 13.2 Å². The van der Waals surface area contributed by atoms with Gasteiger partial charge in [-0.25, -0.2) is 9.67 Å². The summed E-state index contributed by atoms with van der Waals surface area (Å²) in [6, 6.07) is 3.30. The molecule has 0 amide bonds. The number of halogens is 3. The molecule has 0 fully saturated rings. The van der Waals surface area contributed by atoms with Crippen LogP contribution < -0.4 is 4.74 Å². The van der Waals surface area contributed by atoms with Gasteiger partial charge in [0.15, 0.2) is 5.82 Å². The van der Waals surface area contributed by atoms with Gasteiger partial charge in [-0.1, -0.05) is 0 Å². The Bertz CT molecular complexity index is 856. The summed E-state index contributed by atoms with van der Waals surface area (Å²) in [5, 5.41) is 11.2. The first-order chi connectivity index (χ1) is 11.5. The molecule has 2 aromatic heterocycles. The van der Waals surface area contributed by atoms with Crippen LogP contribution in [0.15, 0.2) is 35.3 Å². The topological polar surface area (TPSA) is 78.9 Å². The molecule has 0 aliphatic rings. The van der Waals surface area contributed by atoms with Gasteiger partial charge in [-0.2, -0.15) is 13.2 Å². The van der Waals surface area contributed by atoms with Gasteiger partial charge in [0.2, 0.25) is 12.3 Å². The smallest absolute Gasteiger partial charge is 0.416 e. The van der Waals surface area contributed by atoms with Crippen LogP contribution in [0.3, 0.4) is 0 Å². The van der Waals surface area contributed by atoms with Crippen LogP contribution in [0.2, 0.25) is 0 Å². The average molecular weight is 337 g/mol. The molecule has 0 aliphatic heterocycles. The summed E-state index contributed by atoms with van der Waals surface area (Å²) >= 11 is 0. The van der Waals surface area contributed by atoms with Crippen molar-refractivity contribution in [2.75, 3.05) is 7.11 Å². The second-order valence-electron chi connectivity index (χ2n) is 4.59. The maximum Gasteiger partial charge on any atom is 0.416 e. The van der Waals surface area contributed by atoms with Gasteiger partial charge in [0, 0.05) is 17.8 Å². The highest BCUT2D eigenvalue weighted by atomic mass is 19.4. The van der Waals surface area contributed by atoms with Crippen molar-refractivity contribution in [3.05, 3.63) is 42.4 Å². The molecule has 24 heavy (non-hydrogen) atoms. The minimum atomic E-state index is -4.50. The molecule has 0 saturated heterocycles. The summed E-state index contributed by atoms with van der Waals surface area (Å²) in [7, 11) is 1.29. The molecule has 3 rings (SSSR count). The zero-order chi connectivity index (χ0) is 17.2. The van der Waals surface area contributed by atoms with Crippen molar-refractivity contribution in [2.24, 2.45) is 0 Å². The lowest BCUT2D eigenvalue weighted by atomic mass is 10.1. The third-order valence-corrected chi connectivity index (χ3v) is 2.98. The molecule has 2 heterocycles. The van der Waals surface area contributed by atoms with Gasteiger partial charge < -0.3 is 9.15 Å². The number of alkyl halides is 3. The van der Waals surface area contributed by atoms with Gasteiger partial charge in [-0.15, -0.1) is 15.3 Å². The predicted molar refractivity (Wildman–Crippen MR) is 76.5 cm³/mol. The highest BCUT2D eigenvalue weighted by molar-refractivity contribution is 5.60. The Balaban J connectivity index is 1.92. The van der Waals surface area contributed by atoms with E-state index in [1.807, 2.05) is 0 Å². The summed E-state index contributed by atoms with van der Waals surface area (Å²) in [5.74, 6) is 0.444. The quantitative estimate of drug-likeness (QED) is 0.728. The van der Waals surface area contributed by atoms with Crippen molar-refractivity contribution in [2.45, 2.75) is 6.18 Å². The molecule has 124 valence electrons. The number of hydrogen-bond donors (Lipinski definition) is 0. The molecule has 0 saturated carbocycles. The van der Waals surface area contributed by atoms with Gasteiger partial charge in [0.05, 0.1) is 12.7 Å². The summed E-state index contributed by atoms with van der Waals surface area (Å²) < 4.78 is 50.0. The second kappa shape index (κ2) is 6.14. The number of rotatable bonds is 4. The van der Waals surface area contributed by atoms with E-state index in [-0.39, 0.29) is 23.0 Å². The number of nitrogens with zero attached hydrogens (tertiary/aromatic N) is 5. The van der Waals surface area contributed by atoms with E-state index in [0.717, 1.165) is 12.1 Å². The predicted octanol–water partition coefficient (Wildman–Crippen LogP) is 2.98. The Kier molecular flexibility index (Phi) is 4.02. The molecule has 7 nitrogen and oxygen atoms in total. The fourth-order valence-electron chi connectivity index (χ4n) is 1.88. The van der Waals surface area contributed by atoms with E-state index in [4.69, 9.17) is 9.15 Å². The van der Waals surface area contributed by atoms with E-state index in [2.05, 4.69) is 20.3 Å². The maximum atomic E-state index is 12.9. The van der Waals surface area contributed by atoms with Gasteiger partial charge in [0.1, 0.15) is 12.1 Å². The summed E-state index contributed by atoms with van der Waals surface area (Å²) in [6.45, 7) is 0. The summed E-state index contributed by atoms with van der Waals surface area (Å²) in [6.07, 6.45) is 0.979. The van der Waals surface area contributed by atoms with Crippen molar-refractivity contribution in [3.8, 4) is 17.1 Å². The monoisotopic (exact) mass is 337 g/mol. The van der Waals surface area contributed by atoms with E-state index in [1.165, 1.54) is 42.9 Å². The van der Waals surface area contributed by atoms with E-state index in [1.54, 1.807) is 0 Å². The number of ether oxygens (including phenoxy) is 1. The van der Waals surface area contributed by atoms with Gasteiger partial charge in [0.25, 0.3) is 0 Å². The van der Waals surface area contributed by atoms with E-state index >= 15 is 0 Å². The van der Waals surface area contributed by atoms with Gasteiger partial charge in [-0.3, -0.25) is 0 Å². The molecular weight excluding hydrogens is 327 g/mol. The Hall–Kier alpha value is -3.17. The van der Waals surface area contributed by atoms with Crippen LogP contribution in [0.5, 0.6) is 5.75 Å². The second-order valence-corrected chi connectivity index (χ2v) is 4.59. The average Bonchev–Trinajstić information content (AvgIpc) is 3.23. The fourth-order valence-corrected chi connectivity index (χ4v) is 1.88. The largest absolute Gasteiger partial charge is 0.497 e. The minimum Gasteiger partial charge on any atom is -0.497 e. The Morgan fingerprint density at radius 3 is 2.75 bits per heavy atom. The molecule has 0 radical (unpaired) electrons. The summed E-state index contributed by atoms with van der Waals surface area (Å²) in [4.78, 5) is 4.00. The Labute approximate surface area is 133 Å². The number of methoxy groups -OCH3 is 1. The van der Waals surface area contributed by atoms with Gasteiger partial charge >= 0.3 is 6.18 Å². The minimum absolute atomic E-state index is 0.0672. The molecule has 0 N–H and O–H groups in total. The molecule has 0 atom stereocenters. The Morgan fingerprint density at radius 2 is 2.08 bits per heavy atom. The zero-order valence-corrected chi connectivity index (χ0v) is 12.2.